The van der Waals surface area contributed by atoms with Crippen molar-refractivity contribution in [2.75, 3.05) is 23.7 Å². The summed E-state index contributed by atoms with van der Waals surface area (Å²) in [5.41, 5.74) is 0. The summed E-state index contributed by atoms with van der Waals surface area (Å²) in [6, 6.07) is 1.99. The number of aromatic nitrogens is 2. The fourth-order valence-electron chi connectivity index (χ4n) is 2.56. The van der Waals surface area contributed by atoms with Crippen LogP contribution in [0.3, 0.4) is 0 Å². The van der Waals surface area contributed by atoms with Gasteiger partial charge in [-0.2, -0.15) is 0 Å². The minimum absolute atomic E-state index is 0.807. The predicted molar refractivity (Wildman–Crippen MR) is 75.8 cm³/mol. The molecule has 2 rings (SSSR count). The minimum atomic E-state index is 0.807. The molecule has 1 heterocycles. The Morgan fingerprint density at radius 3 is 2.67 bits per heavy atom. The first-order chi connectivity index (χ1) is 8.78. The number of nitrogens with one attached hydrogen (secondary N) is 2. The Morgan fingerprint density at radius 2 is 2.00 bits per heavy atom. The summed E-state index contributed by atoms with van der Waals surface area (Å²) in [5, 5.41) is 6.71. The topological polar surface area (TPSA) is 49.8 Å². The smallest absolute Gasteiger partial charge is 0.131 e. The molecule has 100 valence electrons. The summed E-state index contributed by atoms with van der Waals surface area (Å²) in [6.45, 7) is 6.48. The van der Waals surface area contributed by atoms with E-state index < -0.39 is 0 Å². The average molecular weight is 248 g/mol. The molecule has 18 heavy (non-hydrogen) atoms. The monoisotopic (exact) mass is 248 g/mol. The third-order valence-electron chi connectivity index (χ3n) is 3.60. The molecule has 1 fully saturated rings. The lowest BCUT2D eigenvalue weighted by atomic mass is 10.1. The molecule has 0 spiro atoms. The van der Waals surface area contributed by atoms with Crippen LogP contribution in [0.4, 0.5) is 11.6 Å². The van der Waals surface area contributed by atoms with Crippen molar-refractivity contribution in [3.05, 3.63) is 12.4 Å². The lowest BCUT2D eigenvalue weighted by molar-refractivity contribution is 0.536. The first kappa shape index (κ1) is 13.1. The van der Waals surface area contributed by atoms with Gasteiger partial charge in [-0.15, -0.1) is 0 Å². The molecule has 1 saturated carbocycles. The zero-order chi connectivity index (χ0) is 12.8. The van der Waals surface area contributed by atoms with Crippen molar-refractivity contribution in [2.45, 2.75) is 39.5 Å². The van der Waals surface area contributed by atoms with Crippen molar-refractivity contribution in [3.8, 4) is 0 Å². The van der Waals surface area contributed by atoms with Crippen LogP contribution in [0.15, 0.2) is 12.4 Å². The largest absolute Gasteiger partial charge is 0.370 e. The maximum absolute atomic E-state index is 4.27. The molecular weight excluding hydrogens is 224 g/mol. The molecule has 1 aromatic heterocycles. The molecule has 0 radical (unpaired) electrons. The van der Waals surface area contributed by atoms with Gasteiger partial charge in [-0.3, -0.25) is 0 Å². The second kappa shape index (κ2) is 6.57. The molecule has 4 heteroatoms. The third kappa shape index (κ3) is 3.86. The maximum Gasteiger partial charge on any atom is 0.131 e. The molecular formula is C14H24N4. The van der Waals surface area contributed by atoms with Crippen LogP contribution in [-0.4, -0.2) is 23.1 Å². The SMILES string of the molecule is CCCNc1cc(NCC2CCC(C)C2)ncn1. The van der Waals surface area contributed by atoms with E-state index >= 15 is 0 Å². The second-order valence-corrected chi connectivity index (χ2v) is 5.38. The molecule has 2 atom stereocenters. The van der Waals surface area contributed by atoms with E-state index in [4.69, 9.17) is 0 Å². The van der Waals surface area contributed by atoms with Gasteiger partial charge in [0.25, 0.3) is 0 Å². The van der Waals surface area contributed by atoms with E-state index in [0.717, 1.165) is 43.0 Å². The Balaban J connectivity index is 1.81. The predicted octanol–water partition coefficient (Wildman–Crippen LogP) is 3.15. The molecule has 0 aliphatic heterocycles. The molecule has 2 unspecified atom stereocenters. The molecule has 0 aromatic carbocycles. The normalized spacial score (nSPS) is 23.0. The zero-order valence-electron chi connectivity index (χ0n) is 11.4. The van der Waals surface area contributed by atoms with Crippen LogP contribution in [0.1, 0.15) is 39.5 Å². The second-order valence-electron chi connectivity index (χ2n) is 5.38. The van der Waals surface area contributed by atoms with Gasteiger partial charge in [0.1, 0.15) is 18.0 Å². The molecule has 1 aliphatic rings. The number of rotatable bonds is 6. The van der Waals surface area contributed by atoms with E-state index in [1.807, 2.05) is 6.07 Å². The van der Waals surface area contributed by atoms with Gasteiger partial charge >= 0.3 is 0 Å². The molecule has 1 aliphatic carbocycles. The first-order valence-corrected chi connectivity index (χ1v) is 7.07. The molecule has 0 amide bonds. The van der Waals surface area contributed by atoms with Gasteiger partial charge in [0.05, 0.1) is 0 Å². The van der Waals surface area contributed by atoms with Gasteiger partial charge in [0, 0.05) is 19.2 Å². The number of hydrogen-bond acceptors (Lipinski definition) is 4. The van der Waals surface area contributed by atoms with E-state index in [0.29, 0.717) is 0 Å². The summed E-state index contributed by atoms with van der Waals surface area (Å²) in [6.07, 6.45) is 6.79. The Morgan fingerprint density at radius 1 is 1.22 bits per heavy atom. The summed E-state index contributed by atoms with van der Waals surface area (Å²) >= 11 is 0. The Kier molecular flexibility index (Phi) is 4.79. The van der Waals surface area contributed by atoms with Crippen LogP contribution in [0.5, 0.6) is 0 Å². The third-order valence-corrected chi connectivity index (χ3v) is 3.60. The number of hydrogen-bond donors (Lipinski definition) is 2. The van der Waals surface area contributed by atoms with Crippen LogP contribution in [0, 0.1) is 11.8 Å². The molecule has 0 saturated heterocycles. The fraction of sp³-hybridized carbons (Fsp3) is 0.714. The maximum atomic E-state index is 4.27. The van der Waals surface area contributed by atoms with Crippen molar-refractivity contribution in [1.29, 1.82) is 0 Å². The van der Waals surface area contributed by atoms with Crippen LogP contribution < -0.4 is 10.6 Å². The first-order valence-electron chi connectivity index (χ1n) is 7.07. The fourth-order valence-corrected chi connectivity index (χ4v) is 2.56. The van der Waals surface area contributed by atoms with Crippen molar-refractivity contribution in [1.82, 2.24) is 9.97 Å². The molecule has 2 N–H and O–H groups in total. The summed E-state index contributed by atoms with van der Waals surface area (Å²) in [7, 11) is 0. The van der Waals surface area contributed by atoms with E-state index in [2.05, 4.69) is 34.4 Å². The van der Waals surface area contributed by atoms with Crippen LogP contribution >= 0.6 is 0 Å². The highest BCUT2D eigenvalue weighted by Gasteiger charge is 2.20. The Bertz CT molecular complexity index is 367. The van der Waals surface area contributed by atoms with E-state index in [1.54, 1.807) is 6.33 Å². The highest BCUT2D eigenvalue weighted by Crippen LogP contribution is 2.30. The minimum Gasteiger partial charge on any atom is -0.370 e. The van der Waals surface area contributed by atoms with Crippen LogP contribution in [0.2, 0.25) is 0 Å². The van der Waals surface area contributed by atoms with E-state index in [-0.39, 0.29) is 0 Å². The van der Waals surface area contributed by atoms with Crippen LogP contribution in [-0.2, 0) is 0 Å². The standard InChI is InChI=1S/C14H24N4/c1-3-6-15-13-8-14(18-10-17-13)16-9-12-5-4-11(2)7-12/h8,10-12H,3-7,9H2,1-2H3,(H2,15,16,17,18). The van der Waals surface area contributed by atoms with Gasteiger partial charge in [0.2, 0.25) is 0 Å². The Hall–Kier alpha value is -1.32. The van der Waals surface area contributed by atoms with Gasteiger partial charge in [-0.05, 0) is 31.1 Å². The van der Waals surface area contributed by atoms with E-state index in [1.165, 1.54) is 19.3 Å². The Labute approximate surface area is 110 Å². The van der Waals surface area contributed by atoms with Gasteiger partial charge < -0.3 is 10.6 Å². The van der Waals surface area contributed by atoms with Crippen molar-refractivity contribution in [3.63, 3.8) is 0 Å². The lowest BCUT2D eigenvalue weighted by Gasteiger charge is -2.12. The van der Waals surface area contributed by atoms with Gasteiger partial charge in [-0.1, -0.05) is 20.3 Å². The van der Waals surface area contributed by atoms with E-state index in [9.17, 15) is 0 Å². The highest BCUT2D eigenvalue weighted by molar-refractivity contribution is 5.46. The molecule has 4 nitrogen and oxygen atoms in total. The zero-order valence-corrected chi connectivity index (χ0v) is 11.4. The summed E-state index contributed by atoms with van der Waals surface area (Å²) in [4.78, 5) is 8.47. The van der Waals surface area contributed by atoms with Gasteiger partial charge in [-0.25, -0.2) is 9.97 Å². The number of anilines is 2. The average Bonchev–Trinajstić information content (AvgIpc) is 2.80. The van der Waals surface area contributed by atoms with Crippen molar-refractivity contribution < 1.29 is 0 Å². The highest BCUT2D eigenvalue weighted by atomic mass is 15.1. The van der Waals surface area contributed by atoms with Crippen LogP contribution in [0.25, 0.3) is 0 Å². The van der Waals surface area contributed by atoms with Crippen molar-refractivity contribution in [2.24, 2.45) is 11.8 Å². The number of nitrogens with zero attached hydrogens (tertiary/aromatic N) is 2. The lowest BCUT2D eigenvalue weighted by Crippen LogP contribution is -2.13. The summed E-state index contributed by atoms with van der Waals surface area (Å²) < 4.78 is 0. The molecule has 0 bridgehead atoms. The van der Waals surface area contributed by atoms with Crippen molar-refractivity contribution >= 4 is 11.6 Å². The molecule has 1 aromatic rings. The quantitative estimate of drug-likeness (QED) is 0.812. The summed E-state index contributed by atoms with van der Waals surface area (Å²) in [5.74, 6) is 3.54. The van der Waals surface area contributed by atoms with Gasteiger partial charge in [0.15, 0.2) is 0 Å².